The SMILES string of the molecule is CC(CCC(C)(O)CCO)[C@H]1CC[C@H]2[C@@H]3CC=C4C[C@@](C)(O)CC[C@]4(C)[C@H]3CC[C@]12C. The van der Waals surface area contributed by atoms with Crippen molar-refractivity contribution in [3.63, 3.8) is 0 Å². The molecule has 3 N–H and O–H groups in total. The minimum Gasteiger partial charge on any atom is -0.396 e. The molecule has 0 saturated heterocycles. The van der Waals surface area contributed by atoms with Crippen LogP contribution in [0.5, 0.6) is 0 Å². The second kappa shape index (κ2) is 8.13. The lowest BCUT2D eigenvalue weighted by Gasteiger charge is -2.59. The van der Waals surface area contributed by atoms with E-state index in [1.807, 2.05) is 13.8 Å². The molecule has 3 heteroatoms. The summed E-state index contributed by atoms with van der Waals surface area (Å²) in [6.45, 7) is 11.5. The molecule has 0 radical (unpaired) electrons. The lowest BCUT2D eigenvalue weighted by Crippen LogP contribution is -2.52. The highest BCUT2D eigenvalue weighted by molar-refractivity contribution is 5.26. The van der Waals surface area contributed by atoms with Gasteiger partial charge in [-0.05, 0) is 125 Å². The molecular formula is C28H48O3. The fraction of sp³-hybridized carbons (Fsp3) is 0.929. The van der Waals surface area contributed by atoms with E-state index in [2.05, 4.69) is 26.8 Å². The predicted octanol–water partition coefficient (Wildman–Crippen LogP) is 5.87. The smallest absolute Gasteiger partial charge is 0.0657 e. The lowest BCUT2D eigenvalue weighted by atomic mass is 9.46. The third-order valence-electron chi connectivity index (χ3n) is 10.9. The maximum absolute atomic E-state index is 10.7. The van der Waals surface area contributed by atoms with Gasteiger partial charge in [0.1, 0.15) is 0 Å². The minimum absolute atomic E-state index is 0.0668. The van der Waals surface area contributed by atoms with E-state index in [1.165, 1.54) is 32.1 Å². The Bertz CT molecular complexity index is 694. The zero-order chi connectivity index (χ0) is 22.7. The van der Waals surface area contributed by atoms with E-state index in [4.69, 9.17) is 0 Å². The second-order valence-electron chi connectivity index (χ2n) is 13.1. The summed E-state index contributed by atoms with van der Waals surface area (Å²) in [4.78, 5) is 0. The van der Waals surface area contributed by atoms with Gasteiger partial charge in [-0.25, -0.2) is 0 Å². The molecule has 0 aliphatic heterocycles. The van der Waals surface area contributed by atoms with Crippen molar-refractivity contribution in [3.8, 4) is 0 Å². The highest BCUT2D eigenvalue weighted by Crippen LogP contribution is 2.67. The van der Waals surface area contributed by atoms with Crippen LogP contribution in [-0.4, -0.2) is 33.1 Å². The van der Waals surface area contributed by atoms with E-state index in [0.29, 0.717) is 23.2 Å². The Labute approximate surface area is 190 Å². The highest BCUT2D eigenvalue weighted by Gasteiger charge is 2.59. The van der Waals surface area contributed by atoms with Gasteiger partial charge in [-0.2, -0.15) is 0 Å². The van der Waals surface area contributed by atoms with Gasteiger partial charge in [0.05, 0.1) is 11.2 Å². The van der Waals surface area contributed by atoms with E-state index in [0.717, 1.165) is 55.8 Å². The summed E-state index contributed by atoms with van der Waals surface area (Å²) in [5.41, 5.74) is 1.06. The molecule has 0 aromatic rings. The Morgan fingerprint density at radius 2 is 1.81 bits per heavy atom. The van der Waals surface area contributed by atoms with Gasteiger partial charge in [0.15, 0.2) is 0 Å². The molecule has 0 spiro atoms. The molecule has 4 aliphatic carbocycles. The number of fused-ring (bicyclic) bond motifs is 5. The van der Waals surface area contributed by atoms with Crippen molar-refractivity contribution in [2.45, 2.75) is 116 Å². The molecule has 3 nitrogen and oxygen atoms in total. The summed E-state index contributed by atoms with van der Waals surface area (Å²) in [7, 11) is 0. The molecule has 0 amide bonds. The Morgan fingerprint density at radius 1 is 1.06 bits per heavy atom. The predicted molar refractivity (Wildman–Crippen MR) is 127 cm³/mol. The summed E-state index contributed by atoms with van der Waals surface area (Å²) in [6.07, 6.45) is 14.5. The van der Waals surface area contributed by atoms with Gasteiger partial charge < -0.3 is 15.3 Å². The Hall–Kier alpha value is -0.380. The van der Waals surface area contributed by atoms with Crippen LogP contribution in [0.1, 0.15) is 105 Å². The molecule has 4 aliphatic rings. The first-order valence-electron chi connectivity index (χ1n) is 13.2. The van der Waals surface area contributed by atoms with Crippen molar-refractivity contribution < 1.29 is 15.3 Å². The molecule has 2 unspecified atom stereocenters. The molecule has 9 atom stereocenters. The Balaban J connectivity index is 1.48. The van der Waals surface area contributed by atoms with E-state index in [-0.39, 0.29) is 6.61 Å². The maximum Gasteiger partial charge on any atom is 0.0657 e. The van der Waals surface area contributed by atoms with Gasteiger partial charge in [-0.15, -0.1) is 0 Å². The molecule has 0 heterocycles. The Kier molecular flexibility index (Phi) is 6.24. The van der Waals surface area contributed by atoms with Crippen LogP contribution < -0.4 is 0 Å². The fourth-order valence-electron chi connectivity index (χ4n) is 8.89. The summed E-state index contributed by atoms with van der Waals surface area (Å²) in [5.74, 6) is 3.82. The molecule has 178 valence electrons. The number of allylic oxidation sites excluding steroid dienone is 1. The van der Waals surface area contributed by atoms with Crippen molar-refractivity contribution >= 4 is 0 Å². The van der Waals surface area contributed by atoms with Crippen molar-refractivity contribution in [2.24, 2.45) is 40.4 Å². The van der Waals surface area contributed by atoms with Crippen molar-refractivity contribution in [2.75, 3.05) is 6.61 Å². The van der Waals surface area contributed by atoms with Gasteiger partial charge in [-0.3, -0.25) is 0 Å². The lowest BCUT2D eigenvalue weighted by molar-refractivity contribution is -0.0716. The third kappa shape index (κ3) is 4.17. The van der Waals surface area contributed by atoms with Gasteiger partial charge in [0.25, 0.3) is 0 Å². The van der Waals surface area contributed by atoms with Crippen LogP contribution in [0.3, 0.4) is 0 Å². The van der Waals surface area contributed by atoms with E-state index < -0.39 is 11.2 Å². The van der Waals surface area contributed by atoms with Crippen LogP contribution in [0, 0.1) is 40.4 Å². The van der Waals surface area contributed by atoms with Crippen LogP contribution >= 0.6 is 0 Å². The average molecular weight is 433 g/mol. The normalized spacial score (nSPS) is 47.5. The maximum atomic E-state index is 10.7. The van der Waals surface area contributed by atoms with E-state index >= 15 is 0 Å². The van der Waals surface area contributed by atoms with E-state index in [9.17, 15) is 15.3 Å². The van der Waals surface area contributed by atoms with E-state index in [1.54, 1.807) is 5.57 Å². The molecule has 31 heavy (non-hydrogen) atoms. The van der Waals surface area contributed by atoms with Gasteiger partial charge in [0.2, 0.25) is 0 Å². The standard InChI is InChI=1S/C28H48O3/c1-19(10-12-25(2,30)16-17-29)22-8-9-23-21-7-6-20-18-26(3,31)14-15-27(20,4)24(21)11-13-28(22,23)5/h6,19,21-24,29-31H,7-18H2,1-5H3/t19?,21-,22+,23-,24-,25?,26-,27-,28+/m0/s1. The second-order valence-corrected chi connectivity index (χ2v) is 13.1. The van der Waals surface area contributed by atoms with Crippen LogP contribution in [0.2, 0.25) is 0 Å². The average Bonchev–Trinajstić information content (AvgIpc) is 3.04. The number of hydrogen-bond donors (Lipinski definition) is 3. The number of aliphatic hydroxyl groups excluding tert-OH is 1. The number of hydrogen-bond acceptors (Lipinski definition) is 3. The quantitative estimate of drug-likeness (QED) is 0.460. The zero-order valence-corrected chi connectivity index (χ0v) is 20.8. The number of rotatable bonds is 6. The van der Waals surface area contributed by atoms with Crippen molar-refractivity contribution in [3.05, 3.63) is 11.6 Å². The monoisotopic (exact) mass is 432 g/mol. The van der Waals surface area contributed by atoms with Crippen LogP contribution in [0.25, 0.3) is 0 Å². The van der Waals surface area contributed by atoms with Crippen molar-refractivity contribution in [1.82, 2.24) is 0 Å². The number of aliphatic hydroxyl groups is 3. The molecule has 4 rings (SSSR count). The van der Waals surface area contributed by atoms with Crippen molar-refractivity contribution in [1.29, 1.82) is 0 Å². The molecule has 0 bridgehead atoms. The molecule has 0 aromatic heterocycles. The fourth-order valence-corrected chi connectivity index (χ4v) is 8.89. The zero-order valence-electron chi connectivity index (χ0n) is 20.8. The van der Waals surface area contributed by atoms with Crippen LogP contribution in [0.4, 0.5) is 0 Å². The Morgan fingerprint density at radius 3 is 2.52 bits per heavy atom. The van der Waals surface area contributed by atoms with Gasteiger partial charge >= 0.3 is 0 Å². The minimum atomic E-state index is -0.735. The largest absolute Gasteiger partial charge is 0.396 e. The molecule has 3 saturated carbocycles. The van der Waals surface area contributed by atoms with Crippen LogP contribution in [0.15, 0.2) is 11.6 Å². The molecular weight excluding hydrogens is 384 g/mol. The summed E-state index contributed by atoms with van der Waals surface area (Å²) >= 11 is 0. The molecule has 3 fully saturated rings. The van der Waals surface area contributed by atoms with Crippen LogP contribution in [-0.2, 0) is 0 Å². The summed E-state index contributed by atoms with van der Waals surface area (Å²) in [5, 5.41) is 30.5. The highest BCUT2D eigenvalue weighted by atomic mass is 16.3. The first-order chi connectivity index (χ1) is 14.4. The van der Waals surface area contributed by atoms with Gasteiger partial charge in [-0.1, -0.05) is 32.4 Å². The third-order valence-corrected chi connectivity index (χ3v) is 10.9. The summed E-state index contributed by atoms with van der Waals surface area (Å²) in [6, 6.07) is 0. The first-order valence-corrected chi connectivity index (χ1v) is 13.2. The first kappa shape index (κ1) is 23.8. The summed E-state index contributed by atoms with van der Waals surface area (Å²) < 4.78 is 0. The topological polar surface area (TPSA) is 60.7 Å². The van der Waals surface area contributed by atoms with Gasteiger partial charge in [0, 0.05) is 6.61 Å². The molecule has 0 aromatic carbocycles.